The van der Waals surface area contributed by atoms with Crippen LogP contribution in [0.5, 0.6) is 5.75 Å². The molecule has 1 unspecified atom stereocenters. The Kier molecular flexibility index (Phi) is 4.76. The minimum absolute atomic E-state index is 0.0179. The molecule has 0 radical (unpaired) electrons. The number of halogens is 3. The second-order valence-electron chi connectivity index (χ2n) is 4.85. The highest BCUT2D eigenvalue weighted by Gasteiger charge is 2.41. The van der Waals surface area contributed by atoms with Gasteiger partial charge in [0.25, 0.3) is 11.8 Å². The van der Waals surface area contributed by atoms with Crippen LogP contribution in [0.3, 0.4) is 0 Å². The highest BCUT2D eigenvalue weighted by Crippen LogP contribution is 2.25. The third kappa shape index (κ3) is 3.90. The van der Waals surface area contributed by atoms with Gasteiger partial charge in [-0.25, -0.2) is 5.48 Å². The van der Waals surface area contributed by atoms with Crippen molar-refractivity contribution in [3.05, 3.63) is 29.8 Å². The number of aliphatic hydroxyl groups is 1. The summed E-state index contributed by atoms with van der Waals surface area (Å²) in [6.45, 7) is 0.0683. The summed E-state index contributed by atoms with van der Waals surface area (Å²) in [6.07, 6.45) is -5.84. The normalized spacial score (nSPS) is 21.2. The van der Waals surface area contributed by atoms with Crippen LogP contribution in [-0.4, -0.2) is 52.1 Å². The Morgan fingerprint density at radius 1 is 1.26 bits per heavy atom. The van der Waals surface area contributed by atoms with Crippen molar-refractivity contribution in [2.75, 3.05) is 6.54 Å². The largest absolute Gasteiger partial charge is 0.573 e. The van der Waals surface area contributed by atoms with E-state index >= 15 is 0 Å². The van der Waals surface area contributed by atoms with Gasteiger partial charge in [-0.15, -0.1) is 13.2 Å². The van der Waals surface area contributed by atoms with E-state index in [9.17, 15) is 27.9 Å². The number of alkyl halides is 3. The van der Waals surface area contributed by atoms with Crippen molar-refractivity contribution in [2.45, 2.75) is 24.9 Å². The van der Waals surface area contributed by atoms with Crippen molar-refractivity contribution in [3.63, 3.8) is 0 Å². The second kappa shape index (κ2) is 6.42. The molecule has 126 valence electrons. The van der Waals surface area contributed by atoms with E-state index in [-0.39, 0.29) is 18.5 Å². The maximum atomic E-state index is 12.3. The number of hydrogen-bond donors (Lipinski definition) is 3. The van der Waals surface area contributed by atoms with E-state index in [2.05, 4.69) is 4.74 Å². The lowest BCUT2D eigenvalue weighted by Crippen LogP contribution is -2.49. The molecule has 1 saturated heterocycles. The van der Waals surface area contributed by atoms with Crippen LogP contribution in [0.2, 0.25) is 0 Å². The van der Waals surface area contributed by atoms with E-state index in [4.69, 9.17) is 5.21 Å². The molecule has 0 bridgehead atoms. The minimum Gasteiger partial charge on any atom is -0.406 e. The third-order valence-electron chi connectivity index (χ3n) is 3.34. The van der Waals surface area contributed by atoms with Gasteiger partial charge in [0, 0.05) is 12.1 Å². The smallest absolute Gasteiger partial charge is 0.406 e. The average Bonchev–Trinajstić information content (AvgIpc) is 2.86. The summed E-state index contributed by atoms with van der Waals surface area (Å²) in [5.74, 6) is -2.09. The van der Waals surface area contributed by atoms with Crippen molar-refractivity contribution in [1.82, 2.24) is 10.4 Å². The highest BCUT2D eigenvalue weighted by atomic mass is 19.4. The number of rotatable bonds is 3. The fraction of sp³-hybridized carbons (Fsp3) is 0.385. The molecule has 0 aliphatic carbocycles. The highest BCUT2D eigenvalue weighted by molar-refractivity contribution is 5.98. The molecule has 2 amide bonds. The summed E-state index contributed by atoms with van der Waals surface area (Å²) in [7, 11) is 0. The number of amides is 2. The molecular weight excluding hydrogens is 321 g/mol. The van der Waals surface area contributed by atoms with E-state index < -0.39 is 36.1 Å². The SMILES string of the molecule is O=C(NO)C1[C@H](O)CCN1C(=O)c1ccc(OC(F)(F)F)cc1. The molecule has 1 aliphatic rings. The van der Waals surface area contributed by atoms with E-state index in [1.807, 2.05) is 0 Å². The summed E-state index contributed by atoms with van der Waals surface area (Å²) in [6, 6.07) is 2.89. The predicted octanol–water partition coefficient (Wildman–Crippen LogP) is 0.666. The molecule has 2 rings (SSSR count). The second-order valence-corrected chi connectivity index (χ2v) is 4.85. The molecule has 1 heterocycles. The number of nitrogens with one attached hydrogen (secondary N) is 1. The summed E-state index contributed by atoms with van der Waals surface area (Å²) >= 11 is 0. The number of hydroxylamine groups is 1. The van der Waals surface area contributed by atoms with Gasteiger partial charge < -0.3 is 14.7 Å². The standard InChI is InChI=1S/C13H13F3N2O5/c14-13(15,16)23-8-3-1-7(2-4-8)12(21)18-6-5-9(19)10(18)11(20)17-22/h1-4,9-10,19,22H,5-6H2,(H,17,20)/t9-,10?/m1/s1. The Labute approximate surface area is 128 Å². The Morgan fingerprint density at radius 2 is 1.87 bits per heavy atom. The zero-order chi connectivity index (χ0) is 17.2. The van der Waals surface area contributed by atoms with E-state index in [1.54, 1.807) is 0 Å². The fourth-order valence-corrected chi connectivity index (χ4v) is 2.35. The minimum atomic E-state index is -4.84. The van der Waals surface area contributed by atoms with Crippen molar-refractivity contribution < 1.29 is 37.8 Å². The first-order valence-corrected chi connectivity index (χ1v) is 6.51. The van der Waals surface area contributed by atoms with Crippen molar-refractivity contribution in [1.29, 1.82) is 0 Å². The maximum absolute atomic E-state index is 12.3. The van der Waals surface area contributed by atoms with Gasteiger partial charge in [-0.05, 0) is 30.7 Å². The van der Waals surface area contributed by atoms with E-state index in [1.165, 1.54) is 5.48 Å². The topological polar surface area (TPSA) is 99.1 Å². The summed E-state index contributed by atoms with van der Waals surface area (Å²) in [4.78, 5) is 24.9. The molecule has 1 aromatic carbocycles. The summed E-state index contributed by atoms with van der Waals surface area (Å²) in [5.41, 5.74) is 1.39. The van der Waals surface area contributed by atoms with Crippen LogP contribution in [0.4, 0.5) is 13.2 Å². The van der Waals surface area contributed by atoms with Crippen LogP contribution in [0.15, 0.2) is 24.3 Å². The number of nitrogens with zero attached hydrogens (tertiary/aromatic N) is 1. The van der Waals surface area contributed by atoms with Crippen molar-refractivity contribution in [2.24, 2.45) is 0 Å². The summed E-state index contributed by atoms with van der Waals surface area (Å²) < 4.78 is 39.9. The molecule has 2 atom stereocenters. The Morgan fingerprint density at radius 3 is 2.39 bits per heavy atom. The quantitative estimate of drug-likeness (QED) is 0.557. The van der Waals surface area contributed by atoms with Gasteiger partial charge >= 0.3 is 6.36 Å². The number of carbonyl (C=O) groups is 2. The van der Waals surface area contributed by atoms with Crippen LogP contribution >= 0.6 is 0 Å². The number of ether oxygens (including phenoxy) is 1. The maximum Gasteiger partial charge on any atom is 0.573 e. The van der Waals surface area contributed by atoms with Gasteiger partial charge in [0.2, 0.25) is 0 Å². The number of aliphatic hydroxyl groups excluding tert-OH is 1. The summed E-state index contributed by atoms with van der Waals surface area (Å²) in [5, 5.41) is 18.4. The number of hydrogen-bond acceptors (Lipinski definition) is 5. The lowest BCUT2D eigenvalue weighted by Gasteiger charge is -2.24. The Bertz CT molecular complexity index is 590. The zero-order valence-electron chi connectivity index (χ0n) is 11.6. The lowest BCUT2D eigenvalue weighted by atomic mass is 10.1. The van der Waals surface area contributed by atoms with Crippen LogP contribution in [-0.2, 0) is 4.79 Å². The number of likely N-dealkylation sites (tertiary alicyclic amines) is 1. The van der Waals surface area contributed by atoms with Crippen LogP contribution in [0.25, 0.3) is 0 Å². The fourth-order valence-electron chi connectivity index (χ4n) is 2.35. The van der Waals surface area contributed by atoms with Crippen molar-refractivity contribution in [3.8, 4) is 5.75 Å². The first kappa shape index (κ1) is 17.0. The molecule has 0 spiro atoms. The molecular formula is C13H13F3N2O5. The lowest BCUT2D eigenvalue weighted by molar-refractivity contribution is -0.274. The van der Waals surface area contributed by atoms with Gasteiger partial charge in [0.1, 0.15) is 11.8 Å². The molecule has 3 N–H and O–H groups in total. The molecule has 10 heteroatoms. The Hall–Kier alpha value is -2.33. The molecule has 1 aliphatic heterocycles. The van der Waals surface area contributed by atoms with Gasteiger partial charge in [-0.1, -0.05) is 0 Å². The van der Waals surface area contributed by atoms with Crippen LogP contribution < -0.4 is 10.2 Å². The first-order chi connectivity index (χ1) is 10.7. The molecule has 1 aromatic rings. The predicted molar refractivity (Wildman–Crippen MR) is 68.5 cm³/mol. The molecule has 1 fully saturated rings. The number of benzene rings is 1. The van der Waals surface area contributed by atoms with Gasteiger partial charge in [-0.2, -0.15) is 0 Å². The van der Waals surface area contributed by atoms with Crippen molar-refractivity contribution >= 4 is 11.8 Å². The third-order valence-corrected chi connectivity index (χ3v) is 3.34. The monoisotopic (exact) mass is 334 g/mol. The molecule has 7 nitrogen and oxygen atoms in total. The first-order valence-electron chi connectivity index (χ1n) is 6.51. The van der Waals surface area contributed by atoms with Crippen LogP contribution in [0.1, 0.15) is 16.8 Å². The Balaban J connectivity index is 2.15. The van der Waals surface area contributed by atoms with Gasteiger partial charge in [-0.3, -0.25) is 14.8 Å². The average molecular weight is 334 g/mol. The van der Waals surface area contributed by atoms with E-state index in [0.29, 0.717) is 0 Å². The number of carbonyl (C=O) groups excluding carboxylic acids is 2. The zero-order valence-corrected chi connectivity index (χ0v) is 11.6. The molecule has 0 aromatic heterocycles. The van der Waals surface area contributed by atoms with Crippen LogP contribution in [0, 0.1) is 0 Å². The van der Waals surface area contributed by atoms with E-state index in [0.717, 1.165) is 29.2 Å². The van der Waals surface area contributed by atoms with Gasteiger partial charge in [0.15, 0.2) is 0 Å². The molecule has 23 heavy (non-hydrogen) atoms. The molecule has 0 saturated carbocycles. The van der Waals surface area contributed by atoms with Gasteiger partial charge in [0.05, 0.1) is 6.10 Å².